The van der Waals surface area contributed by atoms with Gasteiger partial charge in [0.15, 0.2) is 11.5 Å². The predicted octanol–water partition coefficient (Wildman–Crippen LogP) is 3.11. The minimum atomic E-state index is 0.598. The maximum absolute atomic E-state index is 5.74. The molecule has 3 heterocycles. The lowest BCUT2D eigenvalue weighted by Gasteiger charge is -2.24. The minimum absolute atomic E-state index is 0.598. The summed E-state index contributed by atoms with van der Waals surface area (Å²) in [5.41, 5.74) is 3.34. The number of aryl methyl sites for hydroxylation is 1. The van der Waals surface area contributed by atoms with Gasteiger partial charge in [-0.25, -0.2) is 0 Å². The number of rotatable bonds is 6. The van der Waals surface area contributed by atoms with Crippen LogP contribution in [0.1, 0.15) is 24.8 Å². The molecule has 4 rings (SSSR count). The lowest BCUT2D eigenvalue weighted by Crippen LogP contribution is -2.24. The van der Waals surface area contributed by atoms with Crippen molar-refractivity contribution >= 4 is 0 Å². The van der Waals surface area contributed by atoms with Crippen LogP contribution in [0.15, 0.2) is 24.4 Å². The van der Waals surface area contributed by atoms with Gasteiger partial charge < -0.3 is 19.1 Å². The van der Waals surface area contributed by atoms with Crippen molar-refractivity contribution in [2.45, 2.75) is 25.8 Å². The summed E-state index contributed by atoms with van der Waals surface area (Å²) in [5.74, 6) is 2.42. The van der Waals surface area contributed by atoms with E-state index in [0.29, 0.717) is 13.2 Å². The third kappa shape index (κ3) is 4.45. The van der Waals surface area contributed by atoms with E-state index in [4.69, 9.17) is 19.3 Å². The quantitative estimate of drug-likeness (QED) is 0.781. The zero-order valence-corrected chi connectivity index (χ0v) is 16.3. The van der Waals surface area contributed by atoms with E-state index in [1.165, 1.54) is 24.8 Å². The van der Waals surface area contributed by atoms with Crippen LogP contribution >= 0.6 is 0 Å². The molecule has 0 spiro atoms. The highest BCUT2D eigenvalue weighted by molar-refractivity contribution is 5.66. The van der Waals surface area contributed by atoms with E-state index in [0.717, 1.165) is 55.0 Å². The van der Waals surface area contributed by atoms with Gasteiger partial charge in [-0.15, -0.1) is 0 Å². The maximum atomic E-state index is 5.74. The van der Waals surface area contributed by atoms with Crippen LogP contribution in [0, 0.1) is 5.92 Å². The van der Waals surface area contributed by atoms with Gasteiger partial charge in [-0.3, -0.25) is 4.68 Å². The third-order valence-electron chi connectivity index (χ3n) is 5.42. The highest BCUT2D eigenvalue weighted by Gasteiger charge is 2.18. The largest absolute Gasteiger partial charge is 0.486 e. The third-order valence-corrected chi connectivity index (χ3v) is 5.42. The van der Waals surface area contributed by atoms with Gasteiger partial charge in [-0.2, -0.15) is 5.10 Å². The Morgan fingerprint density at radius 1 is 1.11 bits per heavy atom. The summed E-state index contributed by atoms with van der Waals surface area (Å²) in [6, 6.07) is 6.10. The normalized spacial score (nSPS) is 17.4. The molecule has 6 nitrogen and oxygen atoms in total. The molecule has 146 valence electrons. The molecule has 2 aromatic rings. The van der Waals surface area contributed by atoms with Crippen molar-refractivity contribution in [1.82, 2.24) is 14.7 Å². The van der Waals surface area contributed by atoms with Crippen molar-refractivity contribution in [1.29, 1.82) is 0 Å². The Morgan fingerprint density at radius 2 is 1.89 bits per heavy atom. The van der Waals surface area contributed by atoms with Crippen molar-refractivity contribution < 1.29 is 14.2 Å². The number of nitrogens with zero attached hydrogens (tertiary/aromatic N) is 3. The standard InChI is InChI=1S/C21H29N3O3/c1-23(8-5-16-6-9-25-10-7-16)14-18-15-24(2)22-21(18)17-3-4-19-20(13-17)27-12-11-26-19/h3-4,13,15-16H,5-12,14H2,1-2H3. The van der Waals surface area contributed by atoms with Crippen molar-refractivity contribution in [3.63, 3.8) is 0 Å². The number of hydrogen-bond acceptors (Lipinski definition) is 5. The molecule has 0 amide bonds. The summed E-state index contributed by atoms with van der Waals surface area (Å²) in [6.45, 7) is 5.04. The first-order chi connectivity index (χ1) is 13.2. The Balaban J connectivity index is 1.44. The molecule has 2 aliphatic rings. The van der Waals surface area contributed by atoms with Gasteiger partial charge in [0.1, 0.15) is 13.2 Å². The summed E-state index contributed by atoms with van der Waals surface area (Å²) in [4.78, 5) is 2.40. The molecule has 1 aromatic carbocycles. The van der Waals surface area contributed by atoms with Crippen molar-refractivity contribution in [3.05, 3.63) is 30.0 Å². The van der Waals surface area contributed by atoms with Crippen molar-refractivity contribution in [3.8, 4) is 22.8 Å². The second-order valence-electron chi connectivity index (χ2n) is 7.62. The first-order valence-corrected chi connectivity index (χ1v) is 9.88. The van der Waals surface area contributed by atoms with E-state index in [9.17, 15) is 0 Å². The second-order valence-corrected chi connectivity index (χ2v) is 7.62. The van der Waals surface area contributed by atoms with Gasteiger partial charge in [-0.1, -0.05) is 0 Å². The Kier molecular flexibility index (Phi) is 5.64. The summed E-state index contributed by atoms with van der Waals surface area (Å²) < 4.78 is 18.7. The van der Waals surface area contributed by atoms with Gasteiger partial charge >= 0.3 is 0 Å². The average molecular weight is 371 g/mol. The van der Waals surface area contributed by atoms with Gasteiger partial charge in [-0.05, 0) is 57.0 Å². The Morgan fingerprint density at radius 3 is 2.70 bits per heavy atom. The summed E-state index contributed by atoms with van der Waals surface area (Å²) in [5, 5.41) is 4.71. The molecule has 0 radical (unpaired) electrons. The molecule has 0 bridgehead atoms. The van der Waals surface area contributed by atoms with Gasteiger partial charge in [0.2, 0.25) is 0 Å². The van der Waals surface area contributed by atoms with E-state index < -0.39 is 0 Å². The number of ether oxygens (including phenoxy) is 3. The molecule has 2 aliphatic heterocycles. The van der Waals surface area contributed by atoms with E-state index >= 15 is 0 Å². The van der Waals surface area contributed by atoms with Crippen molar-refractivity contribution in [2.24, 2.45) is 13.0 Å². The topological polar surface area (TPSA) is 48.8 Å². The molecular weight excluding hydrogens is 342 g/mol. The number of hydrogen-bond donors (Lipinski definition) is 0. The Bertz CT molecular complexity index is 768. The lowest BCUT2D eigenvalue weighted by atomic mass is 9.96. The molecule has 1 fully saturated rings. The highest BCUT2D eigenvalue weighted by atomic mass is 16.6. The maximum Gasteiger partial charge on any atom is 0.162 e. The first-order valence-electron chi connectivity index (χ1n) is 9.88. The van der Waals surface area contributed by atoms with E-state index in [1.54, 1.807) is 0 Å². The van der Waals surface area contributed by atoms with Crippen LogP contribution in [0.5, 0.6) is 11.5 Å². The predicted molar refractivity (Wildman–Crippen MR) is 104 cm³/mol. The van der Waals surface area contributed by atoms with E-state index in [2.05, 4.69) is 24.2 Å². The van der Waals surface area contributed by atoms with Gasteiger partial charge in [0.25, 0.3) is 0 Å². The Labute approximate surface area is 161 Å². The lowest BCUT2D eigenvalue weighted by molar-refractivity contribution is 0.0608. The summed E-state index contributed by atoms with van der Waals surface area (Å²) in [6.07, 6.45) is 5.75. The first kappa shape index (κ1) is 18.3. The summed E-state index contributed by atoms with van der Waals surface area (Å²) in [7, 11) is 4.17. The van der Waals surface area contributed by atoms with Gasteiger partial charge in [0, 0.05) is 44.1 Å². The SMILES string of the molecule is CN(CCC1CCOCC1)Cc1cn(C)nc1-c1ccc2c(c1)OCCO2. The number of fused-ring (bicyclic) bond motifs is 1. The van der Waals surface area contributed by atoms with Gasteiger partial charge in [0.05, 0.1) is 5.69 Å². The van der Waals surface area contributed by atoms with Crippen LogP contribution in [0.3, 0.4) is 0 Å². The zero-order valence-electron chi connectivity index (χ0n) is 16.3. The van der Waals surface area contributed by atoms with Crippen LogP contribution in [-0.4, -0.2) is 54.7 Å². The molecule has 0 aliphatic carbocycles. The van der Waals surface area contributed by atoms with Crippen LogP contribution in [0.4, 0.5) is 0 Å². The zero-order chi connectivity index (χ0) is 18.6. The second kappa shape index (κ2) is 8.31. The molecule has 6 heteroatoms. The highest BCUT2D eigenvalue weighted by Crippen LogP contribution is 2.35. The fraction of sp³-hybridized carbons (Fsp3) is 0.571. The van der Waals surface area contributed by atoms with Crippen LogP contribution in [0.2, 0.25) is 0 Å². The molecule has 27 heavy (non-hydrogen) atoms. The fourth-order valence-electron chi connectivity index (χ4n) is 3.89. The van der Waals surface area contributed by atoms with Crippen LogP contribution in [0.25, 0.3) is 11.3 Å². The molecule has 0 atom stereocenters. The number of benzene rings is 1. The smallest absolute Gasteiger partial charge is 0.162 e. The average Bonchev–Trinajstić information content (AvgIpc) is 3.07. The van der Waals surface area contributed by atoms with E-state index in [1.807, 2.05) is 23.9 Å². The van der Waals surface area contributed by atoms with E-state index in [-0.39, 0.29) is 0 Å². The Hall–Kier alpha value is -2.05. The molecule has 0 unspecified atom stereocenters. The van der Waals surface area contributed by atoms with Crippen LogP contribution < -0.4 is 9.47 Å². The monoisotopic (exact) mass is 371 g/mol. The molecule has 1 saturated heterocycles. The van der Waals surface area contributed by atoms with Crippen LogP contribution in [-0.2, 0) is 18.3 Å². The molecule has 0 N–H and O–H groups in total. The molecule has 1 aromatic heterocycles. The molecule has 0 saturated carbocycles. The minimum Gasteiger partial charge on any atom is -0.486 e. The number of aromatic nitrogens is 2. The molecular formula is C21H29N3O3. The fourth-order valence-corrected chi connectivity index (χ4v) is 3.89. The summed E-state index contributed by atoms with van der Waals surface area (Å²) >= 11 is 0. The van der Waals surface area contributed by atoms with Crippen molar-refractivity contribution in [2.75, 3.05) is 40.0 Å².